The van der Waals surface area contributed by atoms with Gasteiger partial charge >= 0.3 is 0 Å². The van der Waals surface area contributed by atoms with Gasteiger partial charge in [-0.25, -0.2) is 4.21 Å². The molecule has 0 spiro atoms. The molecule has 1 aliphatic rings. The van der Waals surface area contributed by atoms with Crippen molar-refractivity contribution in [2.24, 2.45) is 5.41 Å². The topological polar surface area (TPSA) is 17.1 Å². The first-order valence-corrected chi connectivity index (χ1v) is 6.27. The molecular weight excluding hydrogens is 204 g/mol. The maximum atomic E-state index is 11.1. The van der Waals surface area contributed by atoms with Gasteiger partial charge in [-0.15, -0.1) is 0 Å². The van der Waals surface area contributed by atoms with E-state index in [9.17, 15) is 4.21 Å². The quantitative estimate of drug-likeness (QED) is 0.652. The lowest BCUT2D eigenvalue weighted by molar-refractivity contribution is 0.469. The van der Waals surface area contributed by atoms with E-state index in [1.165, 1.54) is 0 Å². The monoisotopic (exact) mass is 222 g/mol. The summed E-state index contributed by atoms with van der Waals surface area (Å²) in [6.07, 6.45) is 1.89. The van der Waals surface area contributed by atoms with Crippen LogP contribution in [-0.2, 0) is 10.8 Å². The van der Waals surface area contributed by atoms with Crippen molar-refractivity contribution < 1.29 is 4.21 Å². The van der Waals surface area contributed by atoms with Gasteiger partial charge in [0.05, 0.1) is 15.7 Å². The van der Waals surface area contributed by atoms with E-state index in [4.69, 9.17) is 0 Å². The first-order chi connectivity index (χ1) is 6.88. The summed E-state index contributed by atoms with van der Waals surface area (Å²) in [5, 5.41) is 1.71. The maximum absolute atomic E-state index is 11.1. The van der Waals surface area contributed by atoms with Crippen molar-refractivity contribution in [3.05, 3.63) is 35.2 Å². The van der Waals surface area contributed by atoms with E-state index in [1.807, 2.05) is 30.3 Å². The van der Waals surface area contributed by atoms with Crippen LogP contribution in [0.4, 0.5) is 0 Å². The lowest BCUT2D eigenvalue weighted by atomic mass is 10.0. The molecule has 82 valence electrons. The molecule has 0 aliphatic carbocycles. The van der Waals surface area contributed by atoms with Crippen molar-refractivity contribution >= 4 is 16.9 Å². The molecule has 0 bridgehead atoms. The first kappa shape index (κ1) is 12.2. The SMILES string of the molecule is CC(C)(C)C.O=S1C=Cc2ccccc21. The van der Waals surface area contributed by atoms with E-state index < -0.39 is 10.8 Å². The highest BCUT2D eigenvalue weighted by Crippen LogP contribution is 2.22. The highest BCUT2D eigenvalue weighted by atomic mass is 32.2. The van der Waals surface area contributed by atoms with Crippen LogP contribution in [0.3, 0.4) is 0 Å². The Morgan fingerprint density at radius 1 is 1.07 bits per heavy atom. The Hall–Kier alpha value is -0.890. The van der Waals surface area contributed by atoms with Gasteiger partial charge in [0.2, 0.25) is 0 Å². The Balaban J connectivity index is 0.000000195. The minimum Gasteiger partial charge on any atom is -0.250 e. The second-order valence-corrected chi connectivity index (χ2v) is 6.44. The van der Waals surface area contributed by atoms with E-state index >= 15 is 0 Å². The Kier molecular flexibility index (Phi) is 3.86. The lowest BCUT2D eigenvalue weighted by Crippen LogP contribution is -1.93. The number of benzene rings is 1. The van der Waals surface area contributed by atoms with Gasteiger partial charge in [-0.05, 0) is 23.1 Å². The van der Waals surface area contributed by atoms with Crippen molar-refractivity contribution in [1.82, 2.24) is 0 Å². The van der Waals surface area contributed by atoms with Gasteiger partial charge in [-0.2, -0.15) is 0 Å². The fraction of sp³-hybridized carbons (Fsp3) is 0.385. The molecule has 1 aliphatic heterocycles. The van der Waals surface area contributed by atoms with Crippen LogP contribution in [0.5, 0.6) is 0 Å². The summed E-state index contributed by atoms with van der Waals surface area (Å²) in [7, 11) is -0.878. The average molecular weight is 222 g/mol. The molecule has 2 rings (SSSR count). The summed E-state index contributed by atoms with van der Waals surface area (Å²) in [5.41, 5.74) is 1.58. The molecule has 1 atom stereocenters. The molecule has 0 amide bonds. The molecule has 0 saturated heterocycles. The molecule has 2 heteroatoms. The smallest absolute Gasteiger partial charge is 0.0782 e. The average Bonchev–Trinajstić information content (AvgIpc) is 2.46. The van der Waals surface area contributed by atoms with Crippen molar-refractivity contribution in [3.8, 4) is 0 Å². The molecule has 0 radical (unpaired) electrons. The summed E-state index contributed by atoms with van der Waals surface area (Å²) in [4.78, 5) is 0.933. The van der Waals surface area contributed by atoms with Crippen molar-refractivity contribution in [2.75, 3.05) is 0 Å². The number of fused-ring (bicyclic) bond motifs is 1. The lowest BCUT2D eigenvalue weighted by Gasteiger charge is -2.05. The minimum atomic E-state index is -0.878. The summed E-state index contributed by atoms with van der Waals surface area (Å²) in [5.74, 6) is 0. The van der Waals surface area contributed by atoms with Crippen LogP contribution in [-0.4, -0.2) is 4.21 Å². The van der Waals surface area contributed by atoms with Gasteiger partial charge in [0.15, 0.2) is 0 Å². The van der Waals surface area contributed by atoms with Crippen LogP contribution in [0.1, 0.15) is 33.3 Å². The van der Waals surface area contributed by atoms with Gasteiger partial charge in [-0.1, -0.05) is 45.9 Å². The molecule has 1 aromatic rings. The molecule has 1 heterocycles. The molecule has 1 unspecified atom stereocenters. The molecule has 0 aromatic heterocycles. The van der Waals surface area contributed by atoms with Crippen LogP contribution in [0.25, 0.3) is 6.08 Å². The number of rotatable bonds is 0. The standard InChI is InChI=1S/C8H6OS.C5H12/c9-10-6-5-7-3-1-2-4-8(7)10;1-5(2,3)4/h1-6H;1-4H3. The fourth-order valence-electron chi connectivity index (χ4n) is 1.01. The third-order valence-corrected chi connectivity index (χ3v) is 2.70. The predicted octanol–water partition coefficient (Wildman–Crippen LogP) is 3.83. The zero-order valence-electron chi connectivity index (χ0n) is 9.78. The van der Waals surface area contributed by atoms with Crippen LogP contribution >= 0.6 is 0 Å². The summed E-state index contributed by atoms with van der Waals surface area (Å²) < 4.78 is 11.1. The van der Waals surface area contributed by atoms with Crippen LogP contribution in [0, 0.1) is 5.41 Å². The van der Waals surface area contributed by atoms with Gasteiger partial charge in [0.1, 0.15) is 0 Å². The zero-order valence-corrected chi connectivity index (χ0v) is 10.6. The second kappa shape index (κ2) is 4.75. The van der Waals surface area contributed by atoms with Gasteiger partial charge < -0.3 is 0 Å². The Morgan fingerprint density at radius 2 is 1.60 bits per heavy atom. The third-order valence-electron chi connectivity index (χ3n) is 1.51. The third kappa shape index (κ3) is 4.43. The molecule has 0 saturated carbocycles. The van der Waals surface area contributed by atoms with Gasteiger partial charge in [0, 0.05) is 5.41 Å². The summed E-state index contributed by atoms with van der Waals surface area (Å²) in [6, 6.07) is 7.72. The first-order valence-electron chi connectivity index (χ1n) is 5.06. The molecule has 0 fully saturated rings. The van der Waals surface area contributed by atoms with E-state index in [2.05, 4.69) is 27.7 Å². The highest BCUT2D eigenvalue weighted by molar-refractivity contribution is 7.88. The fourth-order valence-corrected chi connectivity index (χ4v) is 2.01. The minimum absolute atomic E-state index is 0.500. The maximum Gasteiger partial charge on any atom is 0.0782 e. The molecule has 15 heavy (non-hydrogen) atoms. The Morgan fingerprint density at radius 3 is 2.13 bits per heavy atom. The van der Waals surface area contributed by atoms with Crippen molar-refractivity contribution in [2.45, 2.75) is 32.6 Å². The molecule has 1 aromatic carbocycles. The zero-order chi connectivity index (χ0) is 11.5. The van der Waals surface area contributed by atoms with Gasteiger partial charge in [-0.3, -0.25) is 0 Å². The normalized spacial score (nSPS) is 18.0. The van der Waals surface area contributed by atoms with E-state index in [0.717, 1.165) is 10.5 Å². The van der Waals surface area contributed by atoms with E-state index in [1.54, 1.807) is 5.41 Å². The van der Waals surface area contributed by atoms with Crippen LogP contribution < -0.4 is 0 Å². The van der Waals surface area contributed by atoms with E-state index in [-0.39, 0.29) is 0 Å². The highest BCUT2D eigenvalue weighted by Gasteiger charge is 2.09. The van der Waals surface area contributed by atoms with E-state index in [0.29, 0.717) is 5.41 Å². The Labute approximate surface area is 94.7 Å². The second-order valence-electron chi connectivity index (χ2n) is 5.14. The molecule has 1 nitrogen and oxygen atoms in total. The largest absolute Gasteiger partial charge is 0.250 e. The Bertz CT molecular complexity index is 380. The van der Waals surface area contributed by atoms with Gasteiger partial charge in [0.25, 0.3) is 0 Å². The molecular formula is C13H18OS. The number of hydrogen-bond acceptors (Lipinski definition) is 1. The van der Waals surface area contributed by atoms with Crippen molar-refractivity contribution in [1.29, 1.82) is 0 Å². The van der Waals surface area contributed by atoms with Crippen LogP contribution in [0.15, 0.2) is 34.6 Å². The molecule has 0 N–H and O–H groups in total. The predicted molar refractivity (Wildman–Crippen MR) is 67.0 cm³/mol. The summed E-state index contributed by atoms with van der Waals surface area (Å²) >= 11 is 0. The van der Waals surface area contributed by atoms with Crippen LogP contribution in [0.2, 0.25) is 0 Å². The number of hydrogen-bond donors (Lipinski definition) is 0. The van der Waals surface area contributed by atoms with Crippen molar-refractivity contribution in [3.63, 3.8) is 0 Å². The summed E-state index contributed by atoms with van der Waals surface area (Å²) in [6.45, 7) is 8.75.